The smallest absolute Gasteiger partial charge is 0.274 e. The Bertz CT molecular complexity index is 1320. The molecule has 3 aromatic rings. The Morgan fingerprint density at radius 3 is 2.26 bits per heavy atom. The molecular formula is C24H20N2O4S. The van der Waals surface area contributed by atoms with Crippen LogP contribution in [0.2, 0.25) is 0 Å². The lowest BCUT2D eigenvalue weighted by Crippen LogP contribution is -2.54. The molecule has 6 nitrogen and oxygen atoms in total. The van der Waals surface area contributed by atoms with Gasteiger partial charge in [-0.15, -0.1) is 0 Å². The van der Waals surface area contributed by atoms with E-state index in [1.807, 2.05) is 31.2 Å². The topological polar surface area (TPSA) is 74.8 Å². The number of amides is 2. The molecule has 1 spiro atoms. The Hall–Kier alpha value is -3.45. The second-order valence-electron chi connectivity index (χ2n) is 7.80. The van der Waals surface area contributed by atoms with Crippen molar-refractivity contribution in [2.45, 2.75) is 18.3 Å². The molecule has 0 aromatic heterocycles. The highest BCUT2D eigenvalue weighted by atomic mass is 32.2. The van der Waals surface area contributed by atoms with Gasteiger partial charge in [-0.05, 0) is 36.2 Å². The lowest BCUT2D eigenvalue weighted by atomic mass is 10.0. The fourth-order valence-electron chi connectivity index (χ4n) is 4.58. The van der Waals surface area contributed by atoms with Crippen LogP contribution in [0.4, 0.5) is 11.4 Å². The van der Waals surface area contributed by atoms with Crippen molar-refractivity contribution in [3.63, 3.8) is 0 Å². The normalized spacial score (nSPS) is 21.7. The van der Waals surface area contributed by atoms with Crippen LogP contribution in [0.15, 0.2) is 78.9 Å². The Morgan fingerprint density at radius 2 is 1.52 bits per heavy atom. The number of fused-ring (bicyclic) bond motifs is 2. The van der Waals surface area contributed by atoms with Gasteiger partial charge in [0.25, 0.3) is 10.8 Å². The van der Waals surface area contributed by atoms with E-state index in [9.17, 15) is 18.0 Å². The predicted molar refractivity (Wildman–Crippen MR) is 118 cm³/mol. The van der Waals surface area contributed by atoms with Crippen LogP contribution in [-0.2, 0) is 30.8 Å². The molecule has 5 rings (SSSR count). The summed E-state index contributed by atoms with van der Waals surface area (Å²) in [5, 5.41) is 0. The SMILES string of the molecule is Cc1ccccc1CN1C(=O)[C@]2(c3ccccc31)N(c1ccccc1)C(=O)CS2(=O)=O. The zero-order valence-electron chi connectivity index (χ0n) is 16.9. The molecule has 2 aliphatic heterocycles. The first-order valence-corrected chi connectivity index (χ1v) is 11.6. The number of carbonyl (C=O) groups is 2. The maximum Gasteiger partial charge on any atom is 0.274 e. The number of aryl methyl sites for hydroxylation is 1. The van der Waals surface area contributed by atoms with Gasteiger partial charge in [-0.25, -0.2) is 8.42 Å². The van der Waals surface area contributed by atoms with Gasteiger partial charge in [-0.2, -0.15) is 0 Å². The molecule has 156 valence electrons. The lowest BCUT2D eigenvalue weighted by Gasteiger charge is -2.32. The summed E-state index contributed by atoms with van der Waals surface area (Å²) in [6.07, 6.45) is 0. The fourth-order valence-corrected chi connectivity index (χ4v) is 6.62. The first-order valence-electron chi connectivity index (χ1n) is 9.94. The maximum absolute atomic E-state index is 14.0. The average Bonchev–Trinajstić information content (AvgIpc) is 3.13. The Kier molecular flexibility index (Phi) is 4.27. The van der Waals surface area contributed by atoms with Crippen LogP contribution in [0, 0.1) is 6.92 Å². The minimum Gasteiger partial charge on any atom is -0.304 e. The number of hydrogen-bond acceptors (Lipinski definition) is 4. The summed E-state index contributed by atoms with van der Waals surface area (Å²) < 4.78 is 27.0. The van der Waals surface area contributed by atoms with Gasteiger partial charge >= 0.3 is 0 Å². The van der Waals surface area contributed by atoms with Gasteiger partial charge in [0.1, 0.15) is 5.75 Å². The first kappa shape index (κ1) is 19.5. The quantitative estimate of drug-likeness (QED) is 0.637. The largest absolute Gasteiger partial charge is 0.304 e. The number of anilines is 2. The van der Waals surface area contributed by atoms with Gasteiger partial charge in [-0.1, -0.05) is 60.7 Å². The monoisotopic (exact) mass is 432 g/mol. The van der Waals surface area contributed by atoms with Crippen molar-refractivity contribution in [3.8, 4) is 0 Å². The number of sulfone groups is 1. The summed E-state index contributed by atoms with van der Waals surface area (Å²) in [4.78, 5) is 27.6. The minimum atomic E-state index is -4.15. The van der Waals surface area contributed by atoms with E-state index < -0.39 is 32.3 Å². The third-order valence-electron chi connectivity index (χ3n) is 6.03. The van der Waals surface area contributed by atoms with Gasteiger partial charge < -0.3 is 4.90 Å². The van der Waals surface area contributed by atoms with Gasteiger partial charge in [-0.3, -0.25) is 14.5 Å². The molecule has 7 heteroatoms. The van der Waals surface area contributed by atoms with E-state index in [0.29, 0.717) is 16.9 Å². The fraction of sp³-hybridized carbons (Fsp3) is 0.167. The summed E-state index contributed by atoms with van der Waals surface area (Å²) in [6.45, 7) is 2.17. The van der Waals surface area contributed by atoms with Crippen molar-refractivity contribution in [1.82, 2.24) is 0 Å². The molecular weight excluding hydrogens is 412 g/mol. The van der Waals surface area contributed by atoms with E-state index in [4.69, 9.17) is 0 Å². The number of nitrogens with zero attached hydrogens (tertiary/aromatic N) is 2. The Morgan fingerprint density at radius 1 is 0.871 bits per heavy atom. The van der Waals surface area contributed by atoms with Gasteiger partial charge in [0, 0.05) is 11.3 Å². The predicted octanol–water partition coefficient (Wildman–Crippen LogP) is 3.16. The van der Waals surface area contributed by atoms with E-state index in [1.165, 1.54) is 9.80 Å². The molecule has 1 saturated heterocycles. The molecule has 0 unspecified atom stereocenters. The molecule has 1 fully saturated rings. The average molecular weight is 433 g/mol. The molecule has 0 bridgehead atoms. The molecule has 1 atom stereocenters. The third kappa shape index (κ3) is 2.59. The number of benzene rings is 3. The number of para-hydroxylation sites is 2. The Balaban J connectivity index is 1.75. The van der Waals surface area contributed by atoms with Crippen LogP contribution in [0.1, 0.15) is 16.7 Å². The van der Waals surface area contributed by atoms with Crippen LogP contribution in [0.5, 0.6) is 0 Å². The van der Waals surface area contributed by atoms with Gasteiger partial charge in [0.2, 0.25) is 5.91 Å². The summed E-state index contributed by atoms with van der Waals surface area (Å²) in [5.41, 5.74) is 3.13. The molecule has 0 radical (unpaired) electrons. The van der Waals surface area contributed by atoms with E-state index in [0.717, 1.165) is 11.1 Å². The van der Waals surface area contributed by atoms with E-state index in [-0.39, 0.29) is 6.54 Å². The molecule has 2 amide bonds. The van der Waals surface area contributed by atoms with Gasteiger partial charge in [0.05, 0.1) is 12.2 Å². The molecule has 2 aliphatic rings. The zero-order valence-corrected chi connectivity index (χ0v) is 17.7. The molecule has 0 N–H and O–H groups in total. The molecule has 31 heavy (non-hydrogen) atoms. The Labute approximate surface area is 180 Å². The van der Waals surface area contributed by atoms with E-state index in [2.05, 4.69) is 0 Å². The summed E-state index contributed by atoms with van der Waals surface area (Å²) >= 11 is 0. The molecule has 3 aromatic carbocycles. The highest BCUT2D eigenvalue weighted by molar-refractivity contribution is 7.94. The standard InChI is InChI=1S/C24H20N2O4S/c1-17-9-5-6-10-18(17)15-25-21-14-8-7-13-20(21)24(23(25)28)26(19-11-3-2-4-12-19)22(27)16-31(24,29)30/h2-14H,15-16H2,1H3/t24-/m1/s1. The van der Waals surface area contributed by atoms with Crippen LogP contribution in [-0.4, -0.2) is 26.0 Å². The molecule has 0 saturated carbocycles. The van der Waals surface area contributed by atoms with Crippen molar-refractivity contribution in [2.75, 3.05) is 15.6 Å². The summed E-state index contributed by atoms with van der Waals surface area (Å²) in [5.74, 6) is -1.93. The van der Waals surface area contributed by atoms with Crippen LogP contribution in [0.25, 0.3) is 0 Å². The van der Waals surface area contributed by atoms with E-state index in [1.54, 1.807) is 54.6 Å². The van der Waals surface area contributed by atoms with Gasteiger partial charge in [0.15, 0.2) is 9.84 Å². The maximum atomic E-state index is 14.0. The molecule has 2 heterocycles. The lowest BCUT2D eigenvalue weighted by molar-refractivity contribution is -0.123. The van der Waals surface area contributed by atoms with Crippen molar-refractivity contribution in [3.05, 3.63) is 95.6 Å². The third-order valence-corrected chi connectivity index (χ3v) is 8.13. The van der Waals surface area contributed by atoms with Crippen molar-refractivity contribution < 1.29 is 18.0 Å². The van der Waals surface area contributed by atoms with Crippen LogP contribution >= 0.6 is 0 Å². The second-order valence-corrected chi connectivity index (χ2v) is 9.91. The van der Waals surface area contributed by atoms with Crippen molar-refractivity contribution in [1.29, 1.82) is 0 Å². The summed E-state index contributed by atoms with van der Waals surface area (Å²) in [7, 11) is -4.15. The van der Waals surface area contributed by atoms with Crippen LogP contribution in [0.3, 0.4) is 0 Å². The summed E-state index contributed by atoms with van der Waals surface area (Å²) in [6, 6.07) is 23.0. The first-order chi connectivity index (χ1) is 14.9. The minimum absolute atomic E-state index is 0.219. The number of hydrogen-bond donors (Lipinski definition) is 0. The number of rotatable bonds is 3. The zero-order chi connectivity index (χ0) is 21.8. The molecule has 0 aliphatic carbocycles. The highest BCUT2D eigenvalue weighted by Crippen LogP contribution is 2.52. The van der Waals surface area contributed by atoms with E-state index >= 15 is 0 Å². The second kappa shape index (κ2) is 6.78. The van der Waals surface area contributed by atoms with Crippen LogP contribution < -0.4 is 9.80 Å². The number of carbonyl (C=O) groups excluding carboxylic acids is 2. The highest BCUT2D eigenvalue weighted by Gasteiger charge is 2.69. The van der Waals surface area contributed by atoms with Crippen molar-refractivity contribution in [2.24, 2.45) is 0 Å². The van der Waals surface area contributed by atoms with Crippen molar-refractivity contribution >= 4 is 33.0 Å².